The van der Waals surface area contributed by atoms with Gasteiger partial charge >= 0.3 is 6.03 Å². The third kappa shape index (κ3) is 7.94. The molecule has 3 atom stereocenters. The number of unbranched alkanes of at least 4 members (excludes halogenated alkanes) is 1. The first-order valence-corrected chi connectivity index (χ1v) is 11.1. The molecule has 1 saturated carbocycles. The number of carbonyl (C=O) groups excluding carboxylic acids is 2. The molecule has 168 valence electrons. The van der Waals surface area contributed by atoms with E-state index in [2.05, 4.69) is 22.5 Å². The molecule has 0 spiro atoms. The zero-order valence-corrected chi connectivity index (χ0v) is 18.4. The van der Waals surface area contributed by atoms with Gasteiger partial charge in [0.15, 0.2) is 0 Å². The number of urea groups is 1. The largest absolute Gasteiger partial charge is 0.341 e. The van der Waals surface area contributed by atoms with Gasteiger partial charge in [0.05, 0.1) is 0 Å². The molecule has 0 aromatic carbocycles. The van der Waals surface area contributed by atoms with Gasteiger partial charge in [-0.25, -0.2) is 9.18 Å². The molecule has 1 saturated heterocycles. The molecular formula is C23H37FN4O2. The average molecular weight is 421 g/mol. The van der Waals surface area contributed by atoms with Crippen molar-refractivity contribution in [3.63, 3.8) is 0 Å². The molecule has 2 fully saturated rings. The molecule has 0 aromatic heterocycles. The topological polar surface area (TPSA) is 73.5 Å². The summed E-state index contributed by atoms with van der Waals surface area (Å²) in [5, 5.41) is 8.86. The first-order valence-electron chi connectivity index (χ1n) is 11.1. The Morgan fingerprint density at radius 1 is 1.20 bits per heavy atom. The molecule has 2 aliphatic rings. The molecule has 30 heavy (non-hydrogen) atoms. The van der Waals surface area contributed by atoms with E-state index in [1.165, 1.54) is 12.2 Å². The summed E-state index contributed by atoms with van der Waals surface area (Å²) in [7, 11) is 1.56. The van der Waals surface area contributed by atoms with E-state index in [9.17, 15) is 14.0 Å². The van der Waals surface area contributed by atoms with Crippen LogP contribution in [0.2, 0.25) is 0 Å². The molecular weight excluding hydrogens is 383 g/mol. The van der Waals surface area contributed by atoms with Crippen LogP contribution < -0.4 is 16.0 Å². The van der Waals surface area contributed by atoms with Crippen molar-refractivity contribution < 1.29 is 14.0 Å². The van der Waals surface area contributed by atoms with Gasteiger partial charge in [0.1, 0.15) is 11.9 Å². The minimum atomic E-state index is -0.469. The van der Waals surface area contributed by atoms with Gasteiger partial charge in [0, 0.05) is 32.1 Å². The first-order chi connectivity index (χ1) is 14.5. The predicted molar refractivity (Wildman–Crippen MR) is 119 cm³/mol. The Bertz CT molecular complexity index is 656. The van der Waals surface area contributed by atoms with Crippen LogP contribution in [0.15, 0.2) is 36.2 Å². The Morgan fingerprint density at radius 3 is 2.60 bits per heavy atom. The minimum absolute atomic E-state index is 0.0324. The fraction of sp³-hybridized carbons (Fsp3) is 0.652. The number of hydrogen-bond donors (Lipinski definition) is 3. The summed E-state index contributed by atoms with van der Waals surface area (Å²) in [6, 6.07) is -0.390. The van der Waals surface area contributed by atoms with E-state index in [1.54, 1.807) is 20.0 Å². The van der Waals surface area contributed by atoms with Gasteiger partial charge in [-0.15, -0.1) is 0 Å². The van der Waals surface area contributed by atoms with Crippen molar-refractivity contribution in [1.82, 2.24) is 20.9 Å². The lowest BCUT2D eigenvalue weighted by molar-refractivity contribution is -0.134. The van der Waals surface area contributed by atoms with Crippen LogP contribution in [0.25, 0.3) is 0 Å². The van der Waals surface area contributed by atoms with Crippen LogP contribution in [0.4, 0.5) is 9.18 Å². The molecule has 7 heteroatoms. The third-order valence-electron chi connectivity index (χ3n) is 5.82. The Morgan fingerprint density at radius 2 is 1.93 bits per heavy atom. The van der Waals surface area contributed by atoms with Crippen LogP contribution in [0.5, 0.6) is 0 Å². The molecule has 0 bridgehead atoms. The summed E-state index contributed by atoms with van der Waals surface area (Å²) >= 11 is 0. The summed E-state index contributed by atoms with van der Waals surface area (Å²) in [6.45, 7) is 8.12. The van der Waals surface area contributed by atoms with Gasteiger partial charge in [-0.3, -0.25) is 4.79 Å². The number of carbonyl (C=O) groups is 2. The van der Waals surface area contributed by atoms with Crippen LogP contribution in [0.3, 0.4) is 0 Å². The van der Waals surface area contributed by atoms with E-state index < -0.39 is 6.04 Å². The Kier molecular flexibility index (Phi) is 10.1. The van der Waals surface area contributed by atoms with Crippen LogP contribution in [0, 0.1) is 5.92 Å². The van der Waals surface area contributed by atoms with Crippen molar-refractivity contribution in [2.24, 2.45) is 5.92 Å². The number of allylic oxidation sites excluding steroid dienone is 4. The first kappa shape index (κ1) is 24.1. The van der Waals surface area contributed by atoms with E-state index in [0.29, 0.717) is 18.4 Å². The summed E-state index contributed by atoms with van der Waals surface area (Å²) < 4.78 is 13.2. The molecule has 3 N–H and O–H groups in total. The van der Waals surface area contributed by atoms with Crippen LogP contribution in [-0.4, -0.2) is 55.6 Å². The van der Waals surface area contributed by atoms with Crippen molar-refractivity contribution in [3.05, 3.63) is 36.2 Å². The highest BCUT2D eigenvalue weighted by Crippen LogP contribution is 2.37. The fourth-order valence-corrected chi connectivity index (χ4v) is 3.82. The standard InChI is InChI=1S/C23H37FN4O2/c1-4-18(24)12-11-17(2)19-16-21(19)26-13-7-6-10-20(27-23(30)25-3)22(29)28-14-8-5-9-15-28/h4,11-12,19-21,26H,2,5-10,13-16H2,1,3H3,(H2,25,27,30)/b12-11-,18-4+/t19-,20-,21?/m0/s1. The van der Waals surface area contributed by atoms with Crippen molar-refractivity contribution in [2.75, 3.05) is 26.7 Å². The van der Waals surface area contributed by atoms with E-state index in [-0.39, 0.29) is 17.8 Å². The second-order valence-corrected chi connectivity index (χ2v) is 8.14. The summed E-state index contributed by atoms with van der Waals surface area (Å²) in [6.07, 6.45) is 11.3. The molecule has 1 heterocycles. The molecule has 0 aromatic rings. The van der Waals surface area contributed by atoms with E-state index in [4.69, 9.17) is 0 Å². The molecule has 0 radical (unpaired) electrons. The highest BCUT2D eigenvalue weighted by Gasteiger charge is 2.37. The van der Waals surface area contributed by atoms with E-state index in [0.717, 1.165) is 63.7 Å². The maximum atomic E-state index is 13.2. The third-order valence-corrected chi connectivity index (χ3v) is 5.82. The summed E-state index contributed by atoms with van der Waals surface area (Å²) in [5.41, 5.74) is 0.950. The number of nitrogens with zero attached hydrogens (tertiary/aromatic N) is 1. The molecule has 1 aliphatic heterocycles. The molecule has 1 aliphatic carbocycles. The number of piperidine rings is 1. The monoisotopic (exact) mass is 420 g/mol. The predicted octanol–water partition coefficient (Wildman–Crippen LogP) is 3.43. The number of nitrogens with one attached hydrogen (secondary N) is 3. The average Bonchev–Trinajstić information content (AvgIpc) is 3.55. The molecule has 3 amide bonds. The zero-order chi connectivity index (χ0) is 21.9. The molecule has 1 unspecified atom stereocenters. The van der Waals surface area contributed by atoms with Crippen LogP contribution in [0.1, 0.15) is 51.9 Å². The van der Waals surface area contributed by atoms with E-state index in [1.807, 2.05) is 4.90 Å². The lowest BCUT2D eigenvalue weighted by Crippen LogP contribution is -2.51. The van der Waals surface area contributed by atoms with E-state index >= 15 is 0 Å². The number of amides is 3. The van der Waals surface area contributed by atoms with Gasteiger partial charge in [-0.05, 0) is 64.5 Å². The van der Waals surface area contributed by atoms with Gasteiger partial charge < -0.3 is 20.9 Å². The highest BCUT2D eigenvalue weighted by molar-refractivity contribution is 5.87. The number of halogens is 1. The van der Waals surface area contributed by atoms with Crippen LogP contribution in [-0.2, 0) is 4.79 Å². The fourth-order valence-electron chi connectivity index (χ4n) is 3.82. The smallest absolute Gasteiger partial charge is 0.315 e. The normalized spacial score (nSPS) is 22.6. The van der Waals surface area contributed by atoms with Gasteiger partial charge in [0.2, 0.25) is 5.91 Å². The number of rotatable bonds is 11. The summed E-state index contributed by atoms with van der Waals surface area (Å²) in [4.78, 5) is 26.4. The maximum absolute atomic E-state index is 13.2. The number of likely N-dealkylation sites (tertiary alicyclic amines) is 1. The Balaban J connectivity index is 1.68. The minimum Gasteiger partial charge on any atom is -0.341 e. The Hall–Kier alpha value is -2.15. The van der Waals surface area contributed by atoms with Gasteiger partial charge in [0.25, 0.3) is 0 Å². The molecule has 2 rings (SSSR count). The SMILES string of the molecule is C=C(/C=C\C(F)=C/C)[C@@H]1CC1NCCCC[C@H](NC(=O)NC)C(=O)N1CCCCC1. The second kappa shape index (κ2) is 12.5. The molecule has 6 nitrogen and oxygen atoms in total. The maximum Gasteiger partial charge on any atom is 0.315 e. The Labute approximate surface area is 180 Å². The van der Waals surface area contributed by atoms with Crippen LogP contribution >= 0.6 is 0 Å². The zero-order valence-electron chi connectivity index (χ0n) is 18.4. The second-order valence-electron chi connectivity index (χ2n) is 8.14. The van der Waals surface area contributed by atoms with Crippen molar-refractivity contribution >= 4 is 11.9 Å². The lowest BCUT2D eigenvalue weighted by Gasteiger charge is -2.30. The van der Waals surface area contributed by atoms with Gasteiger partial charge in [-0.2, -0.15) is 0 Å². The number of hydrogen-bond acceptors (Lipinski definition) is 3. The van der Waals surface area contributed by atoms with Gasteiger partial charge in [-0.1, -0.05) is 24.3 Å². The summed E-state index contributed by atoms with van der Waals surface area (Å²) in [5.74, 6) is 0.152. The van der Waals surface area contributed by atoms with Crippen molar-refractivity contribution in [2.45, 2.75) is 64.0 Å². The quantitative estimate of drug-likeness (QED) is 0.354. The van der Waals surface area contributed by atoms with Crippen molar-refractivity contribution in [1.29, 1.82) is 0 Å². The van der Waals surface area contributed by atoms with Crippen molar-refractivity contribution in [3.8, 4) is 0 Å². The lowest BCUT2D eigenvalue weighted by atomic mass is 10.1. The highest BCUT2D eigenvalue weighted by atomic mass is 19.1.